The van der Waals surface area contributed by atoms with Crippen molar-refractivity contribution in [1.29, 1.82) is 0 Å². The minimum atomic E-state index is -3.54. The zero-order valence-electron chi connectivity index (χ0n) is 16.3. The van der Waals surface area contributed by atoms with Crippen LogP contribution < -0.4 is 10.5 Å². The van der Waals surface area contributed by atoms with E-state index in [1.54, 1.807) is 49.6 Å². The molecule has 1 amide bonds. The molecule has 1 unspecified atom stereocenters. The second kappa shape index (κ2) is 7.52. The van der Waals surface area contributed by atoms with Crippen LogP contribution >= 0.6 is 0 Å². The van der Waals surface area contributed by atoms with Gasteiger partial charge in [0, 0.05) is 36.5 Å². The molecule has 1 aromatic carbocycles. The molecule has 0 radical (unpaired) electrons. The molecule has 8 heteroatoms. The van der Waals surface area contributed by atoms with Gasteiger partial charge in [-0.1, -0.05) is 0 Å². The van der Waals surface area contributed by atoms with Crippen molar-refractivity contribution in [3.63, 3.8) is 0 Å². The Balaban J connectivity index is 2.13. The molecule has 0 saturated heterocycles. The molecule has 2 aromatic rings. The first kappa shape index (κ1) is 20.3. The fourth-order valence-electron chi connectivity index (χ4n) is 3.46. The van der Waals surface area contributed by atoms with E-state index in [-0.39, 0.29) is 12.3 Å². The van der Waals surface area contributed by atoms with E-state index in [1.807, 2.05) is 13.8 Å². The first-order valence-electron chi connectivity index (χ1n) is 9.14. The SMILES string of the molecule is CCS(=O)(=O)N(Cc1ccncc1)C1CC(C)(C)Oc2ccc(C(N)=O)cc21. The van der Waals surface area contributed by atoms with Crippen LogP contribution in [-0.2, 0) is 16.6 Å². The van der Waals surface area contributed by atoms with Crippen LogP contribution in [0.25, 0.3) is 0 Å². The molecule has 0 bridgehead atoms. The molecule has 28 heavy (non-hydrogen) atoms. The van der Waals surface area contributed by atoms with Gasteiger partial charge in [-0.05, 0) is 56.7 Å². The van der Waals surface area contributed by atoms with E-state index in [0.717, 1.165) is 5.56 Å². The second-order valence-corrected chi connectivity index (χ2v) is 9.71. The van der Waals surface area contributed by atoms with Crippen LogP contribution in [0.2, 0.25) is 0 Å². The second-order valence-electron chi connectivity index (χ2n) is 7.50. The first-order chi connectivity index (χ1) is 13.1. The summed E-state index contributed by atoms with van der Waals surface area (Å²) in [5.41, 5.74) is 6.69. The van der Waals surface area contributed by atoms with Crippen molar-refractivity contribution < 1.29 is 17.9 Å². The first-order valence-corrected chi connectivity index (χ1v) is 10.7. The Hall–Kier alpha value is -2.45. The number of aromatic nitrogens is 1. The van der Waals surface area contributed by atoms with Crippen molar-refractivity contribution in [3.05, 3.63) is 59.4 Å². The molecule has 7 nitrogen and oxygen atoms in total. The number of hydrogen-bond donors (Lipinski definition) is 1. The summed E-state index contributed by atoms with van der Waals surface area (Å²) in [5.74, 6) is -0.0246. The lowest BCUT2D eigenvalue weighted by Crippen LogP contribution is -2.44. The summed E-state index contributed by atoms with van der Waals surface area (Å²) < 4.78 is 33.6. The van der Waals surface area contributed by atoms with Crippen molar-refractivity contribution in [3.8, 4) is 5.75 Å². The maximum Gasteiger partial charge on any atom is 0.248 e. The third-order valence-electron chi connectivity index (χ3n) is 4.88. The van der Waals surface area contributed by atoms with Gasteiger partial charge in [0.2, 0.25) is 15.9 Å². The van der Waals surface area contributed by atoms with E-state index < -0.39 is 27.6 Å². The Bertz CT molecular complexity index is 974. The van der Waals surface area contributed by atoms with Gasteiger partial charge in [-0.2, -0.15) is 4.31 Å². The van der Waals surface area contributed by atoms with Crippen LogP contribution in [-0.4, -0.2) is 35.0 Å². The molecule has 2 heterocycles. The summed E-state index contributed by atoms with van der Waals surface area (Å²) in [7, 11) is -3.54. The molecule has 1 aromatic heterocycles. The van der Waals surface area contributed by atoms with Gasteiger partial charge >= 0.3 is 0 Å². The number of carbonyl (C=O) groups is 1. The summed E-state index contributed by atoms with van der Waals surface area (Å²) in [6.07, 6.45) is 3.73. The molecule has 0 spiro atoms. The summed E-state index contributed by atoms with van der Waals surface area (Å²) in [6.45, 7) is 5.68. The molecule has 1 atom stereocenters. The highest BCUT2D eigenvalue weighted by molar-refractivity contribution is 7.89. The zero-order valence-corrected chi connectivity index (χ0v) is 17.1. The fraction of sp³-hybridized carbons (Fsp3) is 0.400. The van der Waals surface area contributed by atoms with Gasteiger partial charge in [-0.3, -0.25) is 9.78 Å². The summed E-state index contributed by atoms with van der Waals surface area (Å²) in [6, 6.07) is 8.04. The van der Waals surface area contributed by atoms with Gasteiger partial charge in [-0.25, -0.2) is 8.42 Å². The number of hydrogen-bond acceptors (Lipinski definition) is 5. The summed E-state index contributed by atoms with van der Waals surface area (Å²) in [5, 5.41) is 0. The molecule has 150 valence electrons. The van der Waals surface area contributed by atoms with Crippen LogP contribution in [0, 0.1) is 0 Å². The number of amides is 1. The van der Waals surface area contributed by atoms with Crippen LogP contribution in [0.4, 0.5) is 0 Å². The van der Waals surface area contributed by atoms with Crippen molar-refractivity contribution in [2.75, 3.05) is 5.75 Å². The predicted octanol–water partition coefficient (Wildman–Crippen LogP) is 2.63. The zero-order chi connectivity index (χ0) is 20.5. The highest BCUT2D eigenvalue weighted by Crippen LogP contribution is 2.44. The Kier molecular flexibility index (Phi) is 5.45. The Morgan fingerprint density at radius 1 is 1.29 bits per heavy atom. The molecule has 0 fully saturated rings. The third-order valence-corrected chi connectivity index (χ3v) is 6.71. The molecule has 1 aliphatic rings. The Morgan fingerprint density at radius 3 is 2.57 bits per heavy atom. The molecule has 1 aliphatic heterocycles. The van der Waals surface area contributed by atoms with Gasteiger partial charge < -0.3 is 10.5 Å². The Labute approximate surface area is 165 Å². The van der Waals surface area contributed by atoms with Gasteiger partial charge in [0.1, 0.15) is 11.4 Å². The van der Waals surface area contributed by atoms with E-state index in [9.17, 15) is 13.2 Å². The van der Waals surface area contributed by atoms with Crippen molar-refractivity contribution >= 4 is 15.9 Å². The quantitative estimate of drug-likeness (QED) is 0.799. The van der Waals surface area contributed by atoms with Gasteiger partial charge in [0.25, 0.3) is 0 Å². The number of ether oxygens (including phenoxy) is 1. The number of fused-ring (bicyclic) bond motifs is 1. The van der Waals surface area contributed by atoms with E-state index >= 15 is 0 Å². The number of nitrogens with zero attached hydrogens (tertiary/aromatic N) is 2. The van der Waals surface area contributed by atoms with Crippen molar-refractivity contribution in [1.82, 2.24) is 9.29 Å². The van der Waals surface area contributed by atoms with E-state index in [1.165, 1.54) is 4.31 Å². The van der Waals surface area contributed by atoms with Gasteiger partial charge in [-0.15, -0.1) is 0 Å². The Morgan fingerprint density at radius 2 is 1.96 bits per heavy atom. The lowest BCUT2D eigenvalue weighted by molar-refractivity contribution is 0.0490. The van der Waals surface area contributed by atoms with E-state index in [0.29, 0.717) is 23.3 Å². The number of pyridine rings is 1. The van der Waals surface area contributed by atoms with E-state index in [4.69, 9.17) is 10.5 Å². The van der Waals surface area contributed by atoms with Crippen molar-refractivity contribution in [2.45, 2.75) is 45.4 Å². The van der Waals surface area contributed by atoms with Gasteiger partial charge in [0.15, 0.2) is 0 Å². The molecule has 3 rings (SSSR count). The van der Waals surface area contributed by atoms with E-state index in [2.05, 4.69) is 4.98 Å². The molecular formula is C20H25N3O4S. The summed E-state index contributed by atoms with van der Waals surface area (Å²) in [4.78, 5) is 15.7. The smallest absolute Gasteiger partial charge is 0.248 e. The van der Waals surface area contributed by atoms with Crippen molar-refractivity contribution in [2.24, 2.45) is 5.73 Å². The maximum absolute atomic E-state index is 13.0. The standard InChI is InChI=1S/C20H25N3O4S/c1-4-28(25,26)23(13-14-7-9-22-10-8-14)17-12-20(2,3)27-18-6-5-15(19(21)24)11-16(17)18/h5-11,17H,4,12-13H2,1-3H3,(H2,21,24). The monoisotopic (exact) mass is 403 g/mol. The average molecular weight is 404 g/mol. The minimum Gasteiger partial charge on any atom is -0.487 e. The van der Waals surface area contributed by atoms with Crippen LogP contribution in [0.1, 0.15) is 54.7 Å². The number of rotatable bonds is 6. The number of primary amides is 1. The molecular weight excluding hydrogens is 378 g/mol. The number of nitrogens with two attached hydrogens (primary N) is 1. The number of benzene rings is 1. The number of sulfonamides is 1. The lowest BCUT2D eigenvalue weighted by Gasteiger charge is -2.42. The molecule has 0 aliphatic carbocycles. The minimum absolute atomic E-state index is 0.0271. The largest absolute Gasteiger partial charge is 0.487 e. The van der Waals surface area contributed by atoms with Gasteiger partial charge in [0.05, 0.1) is 11.8 Å². The normalized spacial score (nSPS) is 18.4. The maximum atomic E-state index is 13.0. The molecule has 0 saturated carbocycles. The average Bonchev–Trinajstić information content (AvgIpc) is 2.65. The summed E-state index contributed by atoms with van der Waals surface area (Å²) >= 11 is 0. The third kappa shape index (κ3) is 4.18. The van der Waals surface area contributed by atoms with Crippen LogP contribution in [0.5, 0.6) is 5.75 Å². The highest BCUT2D eigenvalue weighted by atomic mass is 32.2. The van der Waals surface area contributed by atoms with Crippen LogP contribution in [0.15, 0.2) is 42.7 Å². The predicted molar refractivity (Wildman–Crippen MR) is 106 cm³/mol. The number of carbonyl (C=O) groups excluding carboxylic acids is 1. The topological polar surface area (TPSA) is 103 Å². The van der Waals surface area contributed by atoms with Crippen LogP contribution in [0.3, 0.4) is 0 Å². The fourth-order valence-corrected chi connectivity index (χ4v) is 4.72. The molecule has 2 N–H and O–H groups in total. The highest BCUT2D eigenvalue weighted by Gasteiger charge is 2.41. The lowest BCUT2D eigenvalue weighted by atomic mass is 9.88.